The number of methoxy groups -OCH3 is 1. The van der Waals surface area contributed by atoms with E-state index < -0.39 is 0 Å². The van der Waals surface area contributed by atoms with E-state index in [1.807, 2.05) is 19.2 Å². The van der Waals surface area contributed by atoms with Crippen LogP contribution in [0.25, 0.3) is 0 Å². The summed E-state index contributed by atoms with van der Waals surface area (Å²) in [4.78, 5) is 28.0. The number of nitrogens with one attached hydrogen (secondary N) is 1. The van der Waals surface area contributed by atoms with Crippen LogP contribution < -0.4 is 5.32 Å². The van der Waals surface area contributed by atoms with E-state index in [9.17, 15) is 9.59 Å². The lowest BCUT2D eigenvalue weighted by atomic mass is 9.44. The Kier molecular flexibility index (Phi) is 7.90. The molecule has 206 valence electrons. The van der Waals surface area contributed by atoms with E-state index in [0.717, 1.165) is 47.7 Å². The summed E-state index contributed by atoms with van der Waals surface area (Å²) in [5, 5.41) is 3.28. The Hall–Kier alpha value is -0.910. The average Bonchev–Trinajstić information content (AvgIpc) is 3.45. The van der Waals surface area contributed by atoms with E-state index in [1.165, 1.54) is 19.3 Å². The van der Waals surface area contributed by atoms with Gasteiger partial charge in [-0.05, 0) is 104 Å². The van der Waals surface area contributed by atoms with Gasteiger partial charge in [0.2, 0.25) is 5.91 Å². The lowest BCUT2D eigenvalue weighted by Crippen LogP contribution is -2.57. The van der Waals surface area contributed by atoms with Crippen LogP contribution in [0.15, 0.2) is 12.1 Å². The van der Waals surface area contributed by atoms with Gasteiger partial charge in [0.1, 0.15) is 5.78 Å². The van der Waals surface area contributed by atoms with Crippen molar-refractivity contribution in [3.63, 3.8) is 0 Å². The largest absolute Gasteiger partial charge is 0.381 e. The number of carbonyl (C=O) groups excluding carboxylic acids is 2. The molecule has 10 atom stereocenters. The van der Waals surface area contributed by atoms with Crippen molar-refractivity contribution in [2.75, 3.05) is 7.11 Å². The summed E-state index contributed by atoms with van der Waals surface area (Å²) in [6.07, 6.45) is 10.5. The molecule has 0 radical (unpaired) electrons. The summed E-state index contributed by atoms with van der Waals surface area (Å²) in [7, 11) is 1.83. The molecule has 4 aliphatic rings. The van der Waals surface area contributed by atoms with Crippen molar-refractivity contribution in [2.24, 2.45) is 46.3 Å². The number of hydrogen-bond donors (Lipinski definition) is 1. The second-order valence-electron chi connectivity index (χ2n) is 13.3. The maximum atomic E-state index is 13.7. The van der Waals surface area contributed by atoms with Gasteiger partial charge in [0.15, 0.2) is 0 Å². The smallest absolute Gasteiger partial charge is 0.220 e. The predicted octanol–water partition coefficient (Wildman–Crippen LogP) is 7.85. The predicted molar refractivity (Wildman–Crippen MR) is 151 cm³/mol. The molecule has 6 heteroatoms. The molecule has 1 amide bonds. The number of rotatable bonds is 7. The zero-order chi connectivity index (χ0) is 26.5. The first-order chi connectivity index (χ1) is 17.6. The quantitative estimate of drug-likeness (QED) is 0.378. The summed E-state index contributed by atoms with van der Waals surface area (Å²) < 4.78 is 6.49. The van der Waals surface area contributed by atoms with Gasteiger partial charge in [-0.3, -0.25) is 9.59 Å². The summed E-state index contributed by atoms with van der Waals surface area (Å²) >= 11 is 7.70. The van der Waals surface area contributed by atoms with Crippen LogP contribution in [0.1, 0.15) is 103 Å². The second kappa shape index (κ2) is 10.6. The standard InChI is InChI=1S/C31H46ClNO3S/c1-6-24(26-9-10-27(32)37-26)33-28(35)15-18(2)21-7-8-22-29-23(12-14-31(21,22)4)30(3)13-11-20(36-5)16-19(30)17-25(29)34/h9-10,18-24,29H,6-8,11-17H2,1-5H3,(H,33,35)/t18-,19+,20-,21?,22+,23+,24-,29+,30+,31-/m1/s1. The molecule has 1 aromatic rings. The molecule has 4 fully saturated rings. The summed E-state index contributed by atoms with van der Waals surface area (Å²) in [5.74, 6) is 3.19. The molecule has 1 heterocycles. The molecule has 5 rings (SSSR count). The van der Waals surface area contributed by atoms with Crippen molar-refractivity contribution in [3.05, 3.63) is 21.3 Å². The van der Waals surface area contributed by atoms with Crippen molar-refractivity contribution in [1.82, 2.24) is 5.32 Å². The van der Waals surface area contributed by atoms with E-state index in [-0.39, 0.29) is 28.7 Å². The number of thiophene rings is 1. The highest BCUT2D eigenvalue weighted by atomic mass is 35.5. The Morgan fingerprint density at radius 3 is 2.57 bits per heavy atom. The Morgan fingerprint density at radius 1 is 1.16 bits per heavy atom. The fraction of sp³-hybridized carbons (Fsp3) is 0.806. The topological polar surface area (TPSA) is 55.4 Å². The number of Topliss-reactive ketones (excluding diaryl/α,β-unsaturated/α-hetero) is 1. The molecule has 37 heavy (non-hydrogen) atoms. The minimum Gasteiger partial charge on any atom is -0.381 e. The third-order valence-electron chi connectivity index (χ3n) is 11.7. The molecule has 0 spiro atoms. The lowest BCUT2D eigenvalue weighted by molar-refractivity contribution is -0.162. The average molecular weight is 548 g/mol. The number of fused-ring (bicyclic) bond motifs is 5. The molecule has 0 saturated heterocycles. The number of halogens is 1. The van der Waals surface area contributed by atoms with Crippen molar-refractivity contribution < 1.29 is 14.3 Å². The number of ketones is 1. The first-order valence-electron chi connectivity index (χ1n) is 14.7. The Bertz CT molecular complexity index is 1010. The Labute approximate surface area is 232 Å². The van der Waals surface area contributed by atoms with Gasteiger partial charge in [-0.1, -0.05) is 39.3 Å². The van der Waals surface area contributed by atoms with Gasteiger partial charge in [-0.15, -0.1) is 11.3 Å². The van der Waals surface area contributed by atoms with Gasteiger partial charge in [-0.2, -0.15) is 0 Å². The van der Waals surface area contributed by atoms with Crippen LogP contribution >= 0.6 is 22.9 Å². The van der Waals surface area contributed by atoms with E-state index in [2.05, 4.69) is 33.0 Å². The highest BCUT2D eigenvalue weighted by Crippen LogP contribution is 2.67. The summed E-state index contributed by atoms with van der Waals surface area (Å²) in [6.45, 7) is 9.35. The first kappa shape index (κ1) is 27.6. The normalized spacial score (nSPS) is 40.9. The van der Waals surface area contributed by atoms with Crippen LogP contribution in [-0.2, 0) is 14.3 Å². The van der Waals surface area contributed by atoms with Crippen molar-refractivity contribution >= 4 is 34.6 Å². The maximum Gasteiger partial charge on any atom is 0.220 e. The third-order valence-corrected chi connectivity index (χ3v) is 13.0. The Morgan fingerprint density at radius 2 is 1.89 bits per heavy atom. The minimum atomic E-state index is 0.0290. The maximum absolute atomic E-state index is 13.7. The zero-order valence-corrected chi connectivity index (χ0v) is 24.9. The van der Waals surface area contributed by atoms with E-state index in [4.69, 9.17) is 16.3 Å². The fourth-order valence-electron chi connectivity index (χ4n) is 9.66. The lowest BCUT2D eigenvalue weighted by Gasteiger charge is -2.60. The second-order valence-corrected chi connectivity index (χ2v) is 15.1. The summed E-state index contributed by atoms with van der Waals surface area (Å²) in [6, 6.07) is 3.97. The molecule has 1 unspecified atom stereocenters. The van der Waals surface area contributed by atoms with Gasteiger partial charge in [0, 0.05) is 30.7 Å². The third kappa shape index (κ3) is 4.84. The zero-order valence-electron chi connectivity index (χ0n) is 23.4. The molecule has 4 saturated carbocycles. The van der Waals surface area contributed by atoms with Crippen LogP contribution in [0.5, 0.6) is 0 Å². The molecule has 1 aromatic heterocycles. The van der Waals surface area contributed by atoms with Crippen LogP contribution in [0.3, 0.4) is 0 Å². The van der Waals surface area contributed by atoms with Crippen LogP contribution in [0.4, 0.5) is 0 Å². The minimum absolute atomic E-state index is 0.0290. The first-order valence-corrected chi connectivity index (χ1v) is 15.9. The number of hydrogen-bond acceptors (Lipinski definition) is 4. The van der Waals surface area contributed by atoms with E-state index in [0.29, 0.717) is 47.9 Å². The molecule has 4 aliphatic carbocycles. The molecule has 4 nitrogen and oxygen atoms in total. The monoisotopic (exact) mass is 547 g/mol. The van der Waals surface area contributed by atoms with E-state index >= 15 is 0 Å². The number of carbonyl (C=O) groups is 2. The van der Waals surface area contributed by atoms with Crippen LogP contribution in [0.2, 0.25) is 4.34 Å². The van der Waals surface area contributed by atoms with Gasteiger partial charge in [0.05, 0.1) is 16.5 Å². The Balaban J connectivity index is 1.27. The molecule has 0 aromatic carbocycles. The molecular formula is C31H46ClNO3S. The highest BCUT2D eigenvalue weighted by Gasteiger charge is 2.63. The van der Waals surface area contributed by atoms with Crippen LogP contribution in [0, 0.1) is 46.3 Å². The SMILES string of the molecule is CC[C@@H](NC(=O)C[C@@H](C)C1CC[C@H]2[C@@H]3C(=O)C[C@@H]4C[C@H](OC)CC[C@]4(C)[C@H]3CC[C@]12C)c1ccc(Cl)s1. The fourth-order valence-corrected chi connectivity index (χ4v) is 10.9. The van der Waals surface area contributed by atoms with Crippen molar-refractivity contribution in [1.29, 1.82) is 0 Å². The van der Waals surface area contributed by atoms with Gasteiger partial charge < -0.3 is 10.1 Å². The van der Waals surface area contributed by atoms with Crippen LogP contribution in [-0.4, -0.2) is 24.9 Å². The molecule has 0 aliphatic heterocycles. The number of amides is 1. The number of ether oxygens (including phenoxy) is 1. The van der Waals surface area contributed by atoms with Gasteiger partial charge in [0.25, 0.3) is 0 Å². The highest BCUT2D eigenvalue weighted by molar-refractivity contribution is 7.16. The molecular weight excluding hydrogens is 502 g/mol. The van der Waals surface area contributed by atoms with Gasteiger partial charge in [-0.25, -0.2) is 0 Å². The molecule has 1 N–H and O–H groups in total. The van der Waals surface area contributed by atoms with E-state index in [1.54, 1.807) is 11.3 Å². The van der Waals surface area contributed by atoms with Gasteiger partial charge >= 0.3 is 0 Å². The molecule has 0 bridgehead atoms. The summed E-state index contributed by atoms with van der Waals surface area (Å²) in [5.41, 5.74) is 0.438. The van der Waals surface area contributed by atoms with Crippen molar-refractivity contribution in [3.8, 4) is 0 Å². The van der Waals surface area contributed by atoms with Crippen molar-refractivity contribution in [2.45, 2.75) is 104 Å².